The summed E-state index contributed by atoms with van der Waals surface area (Å²) < 4.78 is 13.3. The Balaban J connectivity index is 2.30. The molecule has 2 aromatic rings. The van der Waals surface area contributed by atoms with Crippen LogP contribution in [0.3, 0.4) is 0 Å². The van der Waals surface area contributed by atoms with Gasteiger partial charge in [0.15, 0.2) is 0 Å². The Labute approximate surface area is 119 Å². The van der Waals surface area contributed by atoms with E-state index in [0.29, 0.717) is 10.7 Å². The van der Waals surface area contributed by atoms with Crippen LogP contribution in [0.4, 0.5) is 9.52 Å². The van der Waals surface area contributed by atoms with Gasteiger partial charge in [-0.15, -0.1) is 10.2 Å². The van der Waals surface area contributed by atoms with E-state index in [2.05, 4.69) is 27.4 Å². The van der Waals surface area contributed by atoms with E-state index in [1.807, 2.05) is 0 Å². The van der Waals surface area contributed by atoms with Crippen molar-refractivity contribution in [3.05, 3.63) is 40.2 Å². The van der Waals surface area contributed by atoms with Gasteiger partial charge in [0.05, 0.1) is 12.1 Å². The van der Waals surface area contributed by atoms with Crippen LogP contribution in [0.5, 0.6) is 0 Å². The smallest absolute Gasteiger partial charge is 0.258 e. The number of nitrogens with zero attached hydrogens (tertiary/aromatic N) is 2. The second-order valence-electron chi connectivity index (χ2n) is 3.78. The maximum absolute atomic E-state index is 13.3. The fourth-order valence-electron chi connectivity index (χ4n) is 1.47. The lowest BCUT2D eigenvalue weighted by atomic mass is 10.1. The molecule has 0 aliphatic rings. The van der Waals surface area contributed by atoms with Crippen LogP contribution in [0.15, 0.2) is 18.2 Å². The normalized spacial score (nSPS) is 9.75. The minimum absolute atomic E-state index is 0.138. The maximum Gasteiger partial charge on any atom is 0.258 e. The van der Waals surface area contributed by atoms with E-state index in [-0.39, 0.29) is 12.1 Å². The van der Waals surface area contributed by atoms with Gasteiger partial charge in [-0.25, -0.2) is 4.39 Å². The predicted molar refractivity (Wildman–Crippen MR) is 74.9 cm³/mol. The minimum atomic E-state index is -0.512. The quantitative estimate of drug-likeness (QED) is 0.822. The van der Waals surface area contributed by atoms with Crippen molar-refractivity contribution in [3.8, 4) is 11.8 Å². The molecule has 1 aromatic carbocycles. The van der Waals surface area contributed by atoms with Crippen molar-refractivity contribution in [1.29, 1.82) is 0 Å². The monoisotopic (exact) mass is 290 g/mol. The molecule has 0 aliphatic carbocycles. The number of carbonyl (C=O) groups excluding carboxylic acids is 1. The number of carbonyl (C=O) groups is 1. The number of nitrogens with one attached hydrogen (secondary N) is 1. The van der Waals surface area contributed by atoms with Crippen LogP contribution in [0.1, 0.15) is 20.9 Å². The predicted octanol–water partition coefficient (Wildman–Crippen LogP) is 1.55. The fourth-order valence-corrected chi connectivity index (χ4v) is 2.06. The first-order valence-electron chi connectivity index (χ1n) is 5.70. The number of aromatic nitrogens is 2. The Morgan fingerprint density at radius 1 is 1.50 bits per heavy atom. The third kappa shape index (κ3) is 3.38. The van der Waals surface area contributed by atoms with Gasteiger partial charge in [0.1, 0.15) is 10.8 Å². The fraction of sp³-hybridized carbons (Fsp3) is 0.154. The van der Waals surface area contributed by atoms with Crippen molar-refractivity contribution in [3.63, 3.8) is 0 Å². The number of benzene rings is 1. The molecule has 1 aromatic heterocycles. The molecule has 1 amide bonds. The van der Waals surface area contributed by atoms with Gasteiger partial charge >= 0.3 is 0 Å². The molecular weight excluding hydrogens is 279 g/mol. The van der Waals surface area contributed by atoms with Crippen LogP contribution in [-0.2, 0) is 0 Å². The Bertz CT molecular complexity index is 702. The zero-order chi connectivity index (χ0) is 14.5. The summed E-state index contributed by atoms with van der Waals surface area (Å²) in [5.41, 5.74) is 5.84. The molecule has 102 valence electrons. The summed E-state index contributed by atoms with van der Waals surface area (Å²) in [5.74, 6) is 4.38. The number of hydrogen-bond donors (Lipinski definition) is 2. The third-order valence-corrected chi connectivity index (χ3v) is 3.05. The molecule has 0 aliphatic heterocycles. The highest BCUT2D eigenvalue weighted by Gasteiger charge is 2.13. The molecular formula is C13H11FN4OS. The van der Waals surface area contributed by atoms with Gasteiger partial charge < -0.3 is 5.73 Å². The highest BCUT2D eigenvalue weighted by Crippen LogP contribution is 2.17. The first-order valence-corrected chi connectivity index (χ1v) is 6.51. The lowest BCUT2D eigenvalue weighted by Gasteiger charge is -2.04. The van der Waals surface area contributed by atoms with E-state index in [1.165, 1.54) is 23.5 Å². The van der Waals surface area contributed by atoms with Crippen molar-refractivity contribution in [2.24, 2.45) is 5.73 Å². The standard InChI is InChI=1S/C13H11FN4OS/c1-8-17-18-13(20-8)16-12(19)11-7-10(14)5-4-9(11)3-2-6-15/h4-5,7H,6,15H2,1H3,(H,16,18,19). The second-order valence-corrected chi connectivity index (χ2v) is 4.96. The number of amides is 1. The van der Waals surface area contributed by atoms with Crippen molar-refractivity contribution >= 4 is 22.4 Å². The van der Waals surface area contributed by atoms with E-state index in [4.69, 9.17) is 5.73 Å². The molecule has 3 N–H and O–H groups in total. The summed E-state index contributed by atoms with van der Waals surface area (Å²) in [6.07, 6.45) is 0. The Morgan fingerprint density at radius 3 is 2.95 bits per heavy atom. The summed E-state index contributed by atoms with van der Waals surface area (Å²) in [6.45, 7) is 1.93. The number of nitrogens with two attached hydrogens (primary N) is 1. The van der Waals surface area contributed by atoms with E-state index in [0.717, 1.165) is 11.1 Å². The maximum atomic E-state index is 13.3. The molecule has 1 heterocycles. The topological polar surface area (TPSA) is 80.9 Å². The molecule has 5 nitrogen and oxygen atoms in total. The molecule has 0 atom stereocenters. The van der Waals surface area contributed by atoms with E-state index >= 15 is 0 Å². The molecule has 0 fully saturated rings. The first-order chi connectivity index (χ1) is 9.60. The van der Waals surface area contributed by atoms with Gasteiger partial charge in [-0.3, -0.25) is 10.1 Å². The van der Waals surface area contributed by atoms with Crippen LogP contribution in [0, 0.1) is 24.6 Å². The number of hydrogen-bond acceptors (Lipinski definition) is 5. The summed E-state index contributed by atoms with van der Waals surface area (Å²) >= 11 is 1.23. The molecule has 20 heavy (non-hydrogen) atoms. The van der Waals surface area contributed by atoms with Crippen molar-refractivity contribution < 1.29 is 9.18 Å². The highest BCUT2D eigenvalue weighted by molar-refractivity contribution is 7.15. The molecule has 0 radical (unpaired) electrons. The molecule has 0 saturated heterocycles. The second kappa shape index (κ2) is 6.23. The van der Waals surface area contributed by atoms with Crippen LogP contribution in [0.2, 0.25) is 0 Å². The van der Waals surface area contributed by atoms with Crippen LogP contribution in [0.25, 0.3) is 0 Å². The van der Waals surface area contributed by atoms with Crippen molar-refractivity contribution in [2.45, 2.75) is 6.92 Å². The van der Waals surface area contributed by atoms with Crippen LogP contribution in [-0.4, -0.2) is 22.6 Å². The van der Waals surface area contributed by atoms with Gasteiger partial charge in [-0.2, -0.15) is 0 Å². The molecule has 0 unspecified atom stereocenters. The third-order valence-electron chi connectivity index (χ3n) is 2.30. The average Bonchev–Trinajstić information content (AvgIpc) is 2.82. The summed E-state index contributed by atoms with van der Waals surface area (Å²) in [4.78, 5) is 12.1. The lowest BCUT2D eigenvalue weighted by Crippen LogP contribution is -2.14. The number of halogens is 1. The number of anilines is 1. The summed E-state index contributed by atoms with van der Waals surface area (Å²) in [7, 11) is 0. The van der Waals surface area contributed by atoms with E-state index in [9.17, 15) is 9.18 Å². The van der Waals surface area contributed by atoms with Crippen molar-refractivity contribution in [1.82, 2.24) is 10.2 Å². The number of rotatable bonds is 2. The van der Waals surface area contributed by atoms with Crippen LogP contribution < -0.4 is 11.1 Å². The van der Waals surface area contributed by atoms with Gasteiger partial charge in [0, 0.05) is 5.56 Å². The Hall–Kier alpha value is -2.30. The zero-order valence-corrected chi connectivity index (χ0v) is 11.4. The van der Waals surface area contributed by atoms with Gasteiger partial charge in [0.2, 0.25) is 5.13 Å². The molecule has 0 spiro atoms. The number of aryl methyl sites for hydroxylation is 1. The Morgan fingerprint density at radius 2 is 2.30 bits per heavy atom. The molecule has 2 rings (SSSR count). The van der Waals surface area contributed by atoms with Gasteiger partial charge in [-0.05, 0) is 25.1 Å². The summed E-state index contributed by atoms with van der Waals surface area (Å²) in [5, 5.41) is 11.2. The average molecular weight is 290 g/mol. The molecule has 0 bridgehead atoms. The Kier molecular flexibility index (Phi) is 4.40. The summed E-state index contributed by atoms with van der Waals surface area (Å²) in [6, 6.07) is 3.81. The van der Waals surface area contributed by atoms with Crippen LogP contribution >= 0.6 is 11.3 Å². The molecule has 0 saturated carbocycles. The van der Waals surface area contributed by atoms with Gasteiger partial charge in [0.25, 0.3) is 5.91 Å². The zero-order valence-electron chi connectivity index (χ0n) is 10.6. The lowest BCUT2D eigenvalue weighted by molar-refractivity contribution is 0.102. The highest BCUT2D eigenvalue weighted by atomic mass is 32.1. The van der Waals surface area contributed by atoms with E-state index in [1.54, 1.807) is 6.92 Å². The van der Waals surface area contributed by atoms with Crippen molar-refractivity contribution in [2.75, 3.05) is 11.9 Å². The van der Waals surface area contributed by atoms with E-state index < -0.39 is 11.7 Å². The largest absolute Gasteiger partial charge is 0.320 e. The first kappa shape index (κ1) is 14.1. The minimum Gasteiger partial charge on any atom is -0.320 e. The molecule has 7 heteroatoms. The SMILES string of the molecule is Cc1nnc(NC(=O)c2cc(F)ccc2C#CCN)s1. The van der Waals surface area contributed by atoms with Gasteiger partial charge in [-0.1, -0.05) is 23.2 Å².